The number of pyridine rings is 1. The van der Waals surface area contributed by atoms with E-state index in [9.17, 15) is 4.39 Å². The predicted octanol–water partition coefficient (Wildman–Crippen LogP) is 4.68. The van der Waals surface area contributed by atoms with Crippen molar-refractivity contribution < 1.29 is 9.13 Å². The molecule has 1 aliphatic rings. The summed E-state index contributed by atoms with van der Waals surface area (Å²) in [5.74, 6) is 0.999. The molecule has 1 fully saturated rings. The Kier molecular flexibility index (Phi) is 6.76. The molecular weight excluding hydrogens is 425 g/mol. The highest BCUT2D eigenvalue weighted by Gasteiger charge is 2.22. The Hall–Kier alpha value is -3.31. The Morgan fingerprint density at radius 1 is 1.16 bits per heavy atom. The molecule has 0 atom stereocenters. The lowest BCUT2D eigenvalue weighted by Crippen LogP contribution is -2.39. The second-order valence-corrected chi connectivity index (χ2v) is 8.22. The lowest BCUT2D eigenvalue weighted by Gasteiger charge is -2.32. The van der Waals surface area contributed by atoms with Crippen molar-refractivity contribution in [3.8, 4) is 11.8 Å². The van der Waals surface area contributed by atoms with Crippen molar-refractivity contribution in [2.45, 2.75) is 38.8 Å². The molecule has 8 heteroatoms. The number of hydrogen-bond donors (Lipinski definition) is 0. The number of nitriles is 1. The van der Waals surface area contributed by atoms with E-state index in [4.69, 9.17) is 22.2 Å². The van der Waals surface area contributed by atoms with E-state index in [1.807, 2.05) is 41.4 Å². The van der Waals surface area contributed by atoms with E-state index < -0.39 is 5.82 Å². The molecule has 4 rings (SSSR count). The summed E-state index contributed by atoms with van der Waals surface area (Å²) < 4.78 is 22.2. The number of aryl methyl sites for hydroxylation is 1. The molecule has 0 spiro atoms. The summed E-state index contributed by atoms with van der Waals surface area (Å²) in [6.07, 6.45) is 8.46. The molecule has 1 aliphatic heterocycles. The maximum absolute atomic E-state index is 13.5. The van der Waals surface area contributed by atoms with Crippen molar-refractivity contribution in [1.82, 2.24) is 14.5 Å². The highest BCUT2D eigenvalue weighted by molar-refractivity contribution is 7.71. The molecule has 0 amide bonds. The molecular formula is C24H24FN5OS. The molecule has 0 aliphatic carbocycles. The average molecular weight is 450 g/mol. The molecule has 0 bridgehead atoms. The molecule has 6 nitrogen and oxygen atoms in total. The first-order chi connectivity index (χ1) is 15.6. The summed E-state index contributed by atoms with van der Waals surface area (Å²) in [5, 5.41) is 9.01. The lowest BCUT2D eigenvalue weighted by atomic mass is 10.1. The number of halogens is 1. The van der Waals surface area contributed by atoms with Gasteiger partial charge in [-0.05, 0) is 35.7 Å². The fourth-order valence-corrected chi connectivity index (χ4v) is 3.95. The SMILES string of the molecule is CCc1cnc(N2CCC(Oc3ccn(Cc4ccc(F)c(C#N)c4)c(=S)c3)CC2)nc1. The summed E-state index contributed by atoms with van der Waals surface area (Å²) in [6.45, 7) is 4.24. The van der Waals surface area contributed by atoms with Crippen molar-refractivity contribution in [2.75, 3.05) is 18.0 Å². The van der Waals surface area contributed by atoms with Gasteiger partial charge in [0.2, 0.25) is 5.95 Å². The monoisotopic (exact) mass is 449 g/mol. The molecule has 0 N–H and O–H groups in total. The van der Waals surface area contributed by atoms with Crippen LogP contribution in [0.15, 0.2) is 48.9 Å². The van der Waals surface area contributed by atoms with Gasteiger partial charge < -0.3 is 14.2 Å². The third-order valence-corrected chi connectivity index (χ3v) is 5.95. The second kappa shape index (κ2) is 9.88. The first-order valence-corrected chi connectivity index (χ1v) is 11.1. The van der Waals surface area contributed by atoms with E-state index in [1.165, 1.54) is 6.07 Å². The van der Waals surface area contributed by atoms with Gasteiger partial charge in [0.1, 0.15) is 28.4 Å². The van der Waals surface area contributed by atoms with E-state index in [0.717, 1.165) is 55.2 Å². The topological polar surface area (TPSA) is 67.0 Å². The van der Waals surface area contributed by atoms with Crippen LogP contribution in [0.25, 0.3) is 0 Å². The van der Waals surface area contributed by atoms with Gasteiger partial charge in [-0.25, -0.2) is 14.4 Å². The molecule has 0 unspecified atom stereocenters. The largest absolute Gasteiger partial charge is 0.490 e. The first kappa shape index (κ1) is 21.9. The Labute approximate surface area is 191 Å². The normalized spacial score (nSPS) is 14.2. The van der Waals surface area contributed by atoms with Crippen LogP contribution >= 0.6 is 12.2 Å². The van der Waals surface area contributed by atoms with E-state index in [1.54, 1.807) is 12.1 Å². The number of anilines is 1. The van der Waals surface area contributed by atoms with Crippen LogP contribution in [0.3, 0.4) is 0 Å². The quantitative estimate of drug-likeness (QED) is 0.509. The molecule has 164 valence electrons. The highest BCUT2D eigenvalue weighted by atomic mass is 32.1. The minimum atomic E-state index is -0.515. The lowest BCUT2D eigenvalue weighted by molar-refractivity contribution is 0.170. The van der Waals surface area contributed by atoms with Crippen LogP contribution in [0.1, 0.15) is 36.5 Å². The van der Waals surface area contributed by atoms with E-state index in [0.29, 0.717) is 11.2 Å². The number of rotatable bonds is 6. The molecule has 2 aromatic heterocycles. The van der Waals surface area contributed by atoms with Crippen LogP contribution in [-0.2, 0) is 13.0 Å². The molecule has 1 saturated heterocycles. The standard InChI is InChI=1S/C24H24FN5OS/c1-2-17-14-27-24(28-15-17)29-8-5-20(6-9-29)31-21-7-10-30(23(32)12-21)16-18-3-4-22(25)19(11-18)13-26/h3-4,7,10-12,14-15,20H,2,5-6,8-9,16H2,1H3. The van der Waals surface area contributed by atoms with Gasteiger partial charge in [-0.1, -0.05) is 25.2 Å². The molecule has 1 aromatic carbocycles. The van der Waals surface area contributed by atoms with Crippen LogP contribution in [0.4, 0.5) is 10.3 Å². The van der Waals surface area contributed by atoms with Crippen molar-refractivity contribution in [2.24, 2.45) is 0 Å². The van der Waals surface area contributed by atoms with Crippen molar-refractivity contribution >= 4 is 18.2 Å². The van der Waals surface area contributed by atoms with Crippen LogP contribution in [0.5, 0.6) is 5.75 Å². The molecule has 3 heterocycles. The number of aromatic nitrogens is 3. The zero-order chi connectivity index (χ0) is 22.5. The molecule has 32 heavy (non-hydrogen) atoms. The van der Waals surface area contributed by atoms with Crippen molar-refractivity contribution in [3.05, 3.63) is 76.1 Å². The van der Waals surface area contributed by atoms with Gasteiger partial charge in [-0.2, -0.15) is 5.26 Å². The van der Waals surface area contributed by atoms with Crippen LogP contribution in [0, 0.1) is 21.8 Å². The number of ether oxygens (including phenoxy) is 1. The van der Waals surface area contributed by atoms with Gasteiger partial charge >= 0.3 is 0 Å². The number of benzene rings is 1. The second-order valence-electron chi connectivity index (χ2n) is 7.80. The summed E-state index contributed by atoms with van der Waals surface area (Å²) in [7, 11) is 0. The van der Waals surface area contributed by atoms with Crippen LogP contribution in [0.2, 0.25) is 0 Å². The fourth-order valence-electron chi connectivity index (χ4n) is 3.71. The first-order valence-electron chi connectivity index (χ1n) is 10.7. The third-order valence-electron chi connectivity index (χ3n) is 5.60. The maximum Gasteiger partial charge on any atom is 0.225 e. The minimum absolute atomic E-state index is 0.0343. The van der Waals surface area contributed by atoms with E-state index >= 15 is 0 Å². The van der Waals surface area contributed by atoms with Gasteiger partial charge in [0.05, 0.1) is 5.56 Å². The maximum atomic E-state index is 13.5. The number of piperidine rings is 1. The predicted molar refractivity (Wildman–Crippen MR) is 123 cm³/mol. The Bertz CT molecular complexity index is 1180. The van der Waals surface area contributed by atoms with Gasteiger partial charge in [-0.15, -0.1) is 0 Å². The fraction of sp³-hybridized carbons (Fsp3) is 0.333. The average Bonchev–Trinajstić information content (AvgIpc) is 2.82. The summed E-state index contributed by atoms with van der Waals surface area (Å²) in [4.78, 5) is 11.1. The third kappa shape index (κ3) is 5.11. The summed E-state index contributed by atoms with van der Waals surface area (Å²) in [5.41, 5.74) is 1.99. The van der Waals surface area contributed by atoms with Crippen molar-refractivity contribution in [1.29, 1.82) is 5.26 Å². The van der Waals surface area contributed by atoms with Gasteiger partial charge in [0.15, 0.2) is 0 Å². The van der Waals surface area contributed by atoms with E-state index in [2.05, 4.69) is 21.8 Å². The minimum Gasteiger partial charge on any atom is -0.490 e. The zero-order valence-corrected chi connectivity index (χ0v) is 18.7. The van der Waals surface area contributed by atoms with Crippen molar-refractivity contribution in [3.63, 3.8) is 0 Å². The number of hydrogen-bond acceptors (Lipinski definition) is 6. The molecule has 0 saturated carbocycles. The van der Waals surface area contributed by atoms with Gasteiger partial charge in [0.25, 0.3) is 0 Å². The Morgan fingerprint density at radius 3 is 2.56 bits per heavy atom. The Morgan fingerprint density at radius 2 is 1.91 bits per heavy atom. The summed E-state index contributed by atoms with van der Waals surface area (Å²) >= 11 is 5.52. The van der Waals surface area contributed by atoms with Gasteiger partial charge in [0, 0.05) is 57.1 Å². The van der Waals surface area contributed by atoms with Crippen LogP contribution in [-0.4, -0.2) is 33.7 Å². The zero-order valence-electron chi connectivity index (χ0n) is 17.9. The summed E-state index contributed by atoms with van der Waals surface area (Å²) in [6, 6.07) is 10.1. The Balaban J connectivity index is 1.35. The number of nitrogens with zero attached hydrogens (tertiary/aromatic N) is 5. The smallest absolute Gasteiger partial charge is 0.225 e. The molecule has 0 radical (unpaired) electrons. The van der Waals surface area contributed by atoms with E-state index in [-0.39, 0.29) is 11.7 Å². The van der Waals surface area contributed by atoms with Crippen LogP contribution < -0.4 is 9.64 Å². The molecule has 3 aromatic rings. The van der Waals surface area contributed by atoms with Gasteiger partial charge in [-0.3, -0.25) is 0 Å². The highest BCUT2D eigenvalue weighted by Crippen LogP contribution is 2.22.